The summed E-state index contributed by atoms with van der Waals surface area (Å²) in [7, 11) is 0. The number of carbonyl (C=O) groups is 2. The third-order valence-electron chi connectivity index (χ3n) is 14.7. The summed E-state index contributed by atoms with van der Waals surface area (Å²) < 4.78 is 5.48. The molecular weight excluding hydrogens is 863 g/mol. The molecule has 2 unspecified atom stereocenters. The second-order valence-corrected chi connectivity index (χ2v) is 21.7. The van der Waals surface area contributed by atoms with Crippen molar-refractivity contribution in [3.63, 3.8) is 0 Å². The molecule has 0 saturated carbocycles. The van der Waals surface area contributed by atoms with Crippen LogP contribution < -0.4 is 5.32 Å². The van der Waals surface area contributed by atoms with Crippen molar-refractivity contribution in [1.82, 2.24) is 5.32 Å². The van der Waals surface area contributed by atoms with Gasteiger partial charge in [-0.1, -0.05) is 301 Å². The van der Waals surface area contributed by atoms with Crippen molar-refractivity contribution in [3.8, 4) is 0 Å². The number of esters is 1. The minimum Gasteiger partial charge on any atom is -0.466 e. The summed E-state index contributed by atoms with van der Waals surface area (Å²) in [5.74, 6) is -0.0581. The molecule has 0 fully saturated rings. The summed E-state index contributed by atoms with van der Waals surface area (Å²) in [6, 6.07) is -0.626. The number of aliphatic hydroxyl groups is 2. The van der Waals surface area contributed by atoms with Crippen LogP contribution in [0.4, 0.5) is 0 Å². The molecule has 0 saturated heterocycles. The smallest absolute Gasteiger partial charge is 0.305 e. The summed E-state index contributed by atoms with van der Waals surface area (Å²) in [5, 5.41) is 23.1. The van der Waals surface area contributed by atoms with Crippen LogP contribution in [0.3, 0.4) is 0 Å². The highest BCUT2D eigenvalue weighted by Gasteiger charge is 2.18. The van der Waals surface area contributed by atoms with E-state index in [0.29, 0.717) is 19.4 Å². The highest BCUT2D eigenvalue weighted by atomic mass is 16.5. The Morgan fingerprint density at radius 3 is 1.01 bits per heavy atom. The van der Waals surface area contributed by atoms with E-state index in [2.05, 4.69) is 31.3 Å². The fourth-order valence-corrected chi connectivity index (χ4v) is 9.87. The van der Waals surface area contributed by atoms with E-state index in [1.165, 1.54) is 276 Å². The Morgan fingerprint density at radius 2 is 0.671 bits per heavy atom. The first-order chi connectivity index (χ1) is 34.5. The van der Waals surface area contributed by atoms with E-state index < -0.39 is 12.1 Å². The van der Waals surface area contributed by atoms with Crippen LogP contribution in [0, 0.1) is 0 Å². The number of carbonyl (C=O) groups excluding carboxylic acids is 2. The third-order valence-corrected chi connectivity index (χ3v) is 14.7. The molecule has 0 aromatic rings. The Hall–Kier alpha value is -1.66. The molecule has 0 rings (SSSR count). The molecule has 414 valence electrons. The van der Waals surface area contributed by atoms with Crippen LogP contribution >= 0.6 is 0 Å². The molecular formula is C64H123NO5. The Balaban J connectivity index is 3.37. The molecule has 0 aliphatic rings. The Bertz CT molecular complexity index is 1090. The zero-order valence-electron chi connectivity index (χ0n) is 47.3. The molecule has 0 aromatic carbocycles. The first kappa shape index (κ1) is 68.3. The maximum absolute atomic E-state index is 12.5. The SMILES string of the molecule is CCCCCCCC/C=C\CCCCCCCC(=O)OCCCCCCCCCCCCCCCCCCCCCCCCCCC(=O)NC(CO)C(O)/C=C/CCCCCCCCCCCCCC. The lowest BCUT2D eigenvalue weighted by Gasteiger charge is -2.20. The van der Waals surface area contributed by atoms with Crippen LogP contribution in [-0.2, 0) is 14.3 Å². The van der Waals surface area contributed by atoms with Gasteiger partial charge in [0.2, 0.25) is 5.91 Å². The molecule has 0 heterocycles. The predicted octanol–water partition coefficient (Wildman–Crippen LogP) is 19.8. The number of unbranched alkanes of at least 4 members (excludes halogenated alkanes) is 46. The van der Waals surface area contributed by atoms with Crippen LogP contribution in [0.5, 0.6) is 0 Å². The van der Waals surface area contributed by atoms with Crippen molar-refractivity contribution >= 4 is 11.9 Å². The van der Waals surface area contributed by atoms with Gasteiger partial charge in [-0.25, -0.2) is 0 Å². The fourth-order valence-electron chi connectivity index (χ4n) is 9.87. The number of rotatable bonds is 59. The van der Waals surface area contributed by atoms with Gasteiger partial charge in [0.1, 0.15) is 0 Å². The van der Waals surface area contributed by atoms with E-state index in [-0.39, 0.29) is 18.5 Å². The van der Waals surface area contributed by atoms with E-state index in [4.69, 9.17) is 4.74 Å². The van der Waals surface area contributed by atoms with Crippen LogP contribution in [0.15, 0.2) is 24.3 Å². The lowest BCUT2D eigenvalue weighted by Crippen LogP contribution is -2.45. The molecule has 0 aliphatic carbocycles. The zero-order valence-corrected chi connectivity index (χ0v) is 47.3. The maximum atomic E-state index is 12.5. The van der Waals surface area contributed by atoms with Gasteiger partial charge in [0.05, 0.1) is 25.4 Å². The molecule has 1 amide bonds. The quantitative estimate of drug-likeness (QED) is 0.0321. The average molecular weight is 987 g/mol. The van der Waals surface area contributed by atoms with Crippen molar-refractivity contribution < 1.29 is 24.5 Å². The summed E-state index contributed by atoms with van der Waals surface area (Å²) >= 11 is 0. The largest absolute Gasteiger partial charge is 0.466 e. The topological polar surface area (TPSA) is 95.9 Å². The van der Waals surface area contributed by atoms with Gasteiger partial charge in [0.25, 0.3) is 0 Å². The Morgan fingerprint density at radius 1 is 0.386 bits per heavy atom. The molecule has 0 aliphatic heterocycles. The molecule has 0 radical (unpaired) electrons. The van der Waals surface area contributed by atoms with Crippen LogP contribution in [-0.4, -0.2) is 47.4 Å². The lowest BCUT2D eigenvalue weighted by atomic mass is 10.0. The van der Waals surface area contributed by atoms with E-state index in [9.17, 15) is 19.8 Å². The first-order valence-electron chi connectivity index (χ1n) is 31.6. The number of ether oxygens (including phenoxy) is 1. The third kappa shape index (κ3) is 55.7. The van der Waals surface area contributed by atoms with Gasteiger partial charge in [0.15, 0.2) is 0 Å². The van der Waals surface area contributed by atoms with Gasteiger partial charge >= 0.3 is 5.97 Å². The molecule has 6 heteroatoms. The molecule has 0 spiro atoms. The summed E-state index contributed by atoms with van der Waals surface area (Å²) in [6.45, 7) is 4.91. The molecule has 3 N–H and O–H groups in total. The minimum absolute atomic E-state index is 0.00735. The van der Waals surface area contributed by atoms with Crippen molar-refractivity contribution in [2.24, 2.45) is 0 Å². The van der Waals surface area contributed by atoms with Crippen molar-refractivity contribution in [2.45, 2.75) is 360 Å². The van der Waals surface area contributed by atoms with Gasteiger partial charge in [-0.15, -0.1) is 0 Å². The van der Waals surface area contributed by atoms with Crippen LogP contribution in [0.2, 0.25) is 0 Å². The highest BCUT2D eigenvalue weighted by molar-refractivity contribution is 5.76. The second kappa shape index (κ2) is 59.9. The number of nitrogens with one attached hydrogen (secondary N) is 1. The molecule has 70 heavy (non-hydrogen) atoms. The average Bonchev–Trinajstić information content (AvgIpc) is 3.36. The van der Waals surface area contributed by atoms with Gasteiger partial charge in [0, 0.05) is 12.8 Å². The van der Waals surface area contributed by atoms with Crippen molar-refractivity contribution in [2.75, 3.05) is 13.2 Å². The summed E-state index contributed by atoms with van der Waals surface area (Å²) in [6.07, 6.45) is 73.7. The standard InChI is InChI=1S/C64H123NO5/c1-3-5-7-9-11-13-15-17-29-34-38-42-46-50-54-58-64(69)70-59-55-51-47-43-39-35-31-28-26-24-22-20-19-21-23-25-27-30-33-37-41-45-49-53-57-63(68)65-61(60-66)62(67)56-52-48-44-40-36-32-18-16-14-12-10-8-6-4-2/h17,29,52,56,61-62,66-67H,3-16,18-28,30-51,53-55,57-60H2,1-2H3,(H,65,68)/b29-17-,56-52+. The van der Waals surface area contributed by atoms with Crippen LogP contribution in [0.1, 0.15) is 348 Å². The number of hydrogen-bond acceptors (Lipinski definition) is 5. The predicted molar refractivity (Wildman–Crippen MR) is 306 cm³/mol. The van der Waals surface area contributed by atoms with Gasteiger partial charge in [-0.2, -0.15) is 0 Å². The summed E-state index contributed by atoms with van der Waals surface area (Å²) in [5.41, 5.74) is 0. The maximum Gasteiger partial charge on any atom is 0.305 e. The van der Waals surface area contributed by atoms with E-state index in [1.807, 2.05) is 6.08 Å². The minimum atomic E-state index is -0.843. The highest BCUT2D eigenvalue weighted by Crippen LogP contribution is 2.18. The molecule has 2 atom stereocenters. The van der Waals surface area contributed by atoms with Crippen LogP contribution in [0.25, 0.3) is 0 Å². The zero-order chi connectivity index (χ0) is 50.7. The number of hydrogen-bond donors (Lipinski definition) is 3. The number of amides is 1. The first-order valence-corrected chi connectivity index (χ1v) is 31.6. The molecule has 0 aromatic heterocycles. The van der Waals surface area contributed by atoms with E-state index in [1.54, 1.807) is 6.08 Å². The van der Waals surface area contributed by atoms with E-state index >= 15 is 0 Å². The number of allylic oxidation sites excluding steroid dienone is 3. The molecule has 6 nitrogen and oxygen atoms in total. The summed E-state index contributed by atoms with van der Waals surface area (Å²) in [4.78, 5) is 24.5. The normalized spacial score (nSPS) is 12.7. The van der Waals surface area contributed by atoms with Crippen molar-refractivity contribution in [1.29, 1.82) is 0 Å². The monoisotopic (exact) mass is 986 g/mol. The van der Waals surface area contributed by atoms with Gasteiger partial charge < -0.3 is 20.3 Å². The fraction of sp³-hybridized carbons (Fsp3) is 0.906. The van der Waals surface area contributed by atoms with Crippen molar-refractivity contribution in [3.05, 3.63) is 24.3 Å². The second-order valence-electron chi connectivity index (χ2n) is 21.7. The van der Waals surface area contributed by atoms with Gasteiger partial charge in [-0.3, -0.25) is 9.59 Å². The van der Waals surface area contributed by atoms with E-state index in [0.717, 1.165) is 44.9 Å². The Kier molecular flexibility index (Phi) is 58.5. The molecule has 0 bridgehead atoms. The Labute approximate surface area is 437 Å². The number of aliphatic hydroxyl groups excluding tert-OH is 2. The van der Waals surface area contributed by atoms with Gasteiger partial charge in [-0.05, 0) is 57.8 Å². The lowest BCUT2D eigenvalue weighted by molar-refractivity contribution is -0.143.